The van der Waals surface area contributed by atoms with E-state index in [0.29, 0.717) is 11.7 Å². The molecule has 1 fully saturated rings. The fourth-order valence-electron chi connectivity index (χ4n) is 2.39. The monoisotopic (exact) mass is 229 g/mol. The van der Waals surface area contributed by atoms with Gasteiger partial charge in [0, 0.05) is 11.6 Å². The summed E-state index contributed by atoms with van der Waals surface area (Å²) in [4.78, 5) is 4.46. The largest absolute Gasteiger partial charge is 0.339 e. The molecule has 2 N–H and O–H groups in total. The summed E-state index contributed by atoms with van der Waals surface area (Å²) in [7, 11) is 0. The van der Waals surface area contributed by atoms with Crippen molar-refractivity contribution in [3.8, 4) is 11.4 Å². The van der Waals surface area contributed by atoms with Crippen molar-refractivity contribution >= 4 is 0 Å². The van der Waals surface area contributed by atoms with Crippen LogP contribution in [0.2, 0.25) is 0 Å². The van der Waals surface area contributed by atoms with Gasteiger partial charge in [-0.1, -0.05) is 41.9 Å². The van der Waals surface area contributed by atoms with Crippen molar-refractivity contribution in [2.75, 3.05) is 0 Å². The second-order valence-corrected chi connectivity index (χ2v) is 4.52. The highest BCUT2D eigenvalue weighted by Crippen LogP contribution is 2.33. The molecule has 1 aromatic carbocycles. The third-order valence-electron chi connectivity index (χ3n) is 3.36. The van der Waals surface area contributed by atoms with Gasteiger partial charge in [-0.15, -0.1) is 0 Å². The Kier molecular flexibility index (Phi) is 2.65. The molecule has 0 radical (unpaired) electrons. The van der Waals surface area contributed by atoms with Crippen LogP contribution < -0.4 is 5.73 Å². The minimum atomic E-state index is 0.166. The van der Waals surface area contributed by atoms with Gasteiger partial charge in [0.1, 0.15) is 0 Å². The first-order chi connectivity index (χ1) is 8.34. The predicted octanol–water partition coefficient (Wildman–Crippen LogP) is 2.33. The summed E-state index contributed by atoms with van der Waals surface area (Å²) in [5.74, 6) is 1.58. The van der Waals surface area contributed by atoms with Crippen LogP contribution in [0, 0.1) is 0 Å². The Bertz CT molecular complexity index is 494. The molecule has 0 saturated heterocycles. The van der Waals surface area contributed by atoms with Crippen LogP contribution in [0.4, 0.5) is 0 Å². The molecule has 1 saturated carbocycles. The van der Waals surface area contributed by atoms with Gasteiger partial charge in [-0.3, -0.25) is 0 Å². The van der Waals surface area contributed by atoms with Crippen molar-refractivity contribution in [2.24, 2.45) is 5.73 Å². The lowest BCUT2D eigenvalue weighted by Gasteiger charge is -2.08. The number of aromatic nitrogens is 2. The van der Waals surface area contributed by atoms with Gasteiger partial charge in [0.15, 0.2) is 0 Å². The van der Waals surface area contributed by atoms with Gasteiger partial charge in [-0.2, -0.15) is 4.98 Å². The van der Waals surface area contributed by atoms with Crippen LogP contribution >= 0.6 is 0 Å². The van der Waals surface area contributed by atoms with E-state index in [2.05, 4.69) is 10.1 Å². The number of rotatable bonds is 2. The average Bonchev–Trinajstić information content (AvgIpc) is 2.98. The molecule has 4 heteroatoms. The zero-order valence-corrected chi connectivity index (χ0v) is 9.54. The molecule has 0 bridgehead atoms. The second-order valence-electron chi connectivity index (χ2n) is 4.52. The third-order valence-corrected chi connectivity index (χ3v) is 3.36. The topological polar surface area (TPSA) is 64.9 Å². The van der Waals surface area contributed by atoms with Gasteiger partial charge in [0.25, 0.3) is 0 Å². The zero-order valence-electron chi connectivity index (χ0n) is 9.54. The summed E-state index contributed by atoms with van der Waals surface area (Å²) in [6.07, 6.45) is 3.25. The number of hydrogen-bond acceptors (Lipinski definition) is 4. The molecule has 3 rings (SSSR count). The molecule has 0 spiro atoms. The highest BCUT2D eigenvalue weighted by molar-refractivity contribution is 5.53. The van der Waals surface area contributed by atoms with Gasteiger partial charge in [-0.05, 0) is 12.8 Å². The lowest BCUT2D eigenvalue weighted by molar-refractivity contribution is 0.345. The Balaban J connectivity index is 1.88. The van der Waals surface area contributed by atoms with Gasteiger partial charge < -0.3 is 10.3 Å². The molecule has 1 aromatic heterocycles. The van der Waals surface area contributed by atoms with Gasteiger partial charge in [0.05, 0.1) is 5.92 Å². The maximum Gasteiger partial charge on any atom is 0.231 e. The minimum absolute atomic E-state index is 0.166. The average molecular weight is 229 g/mol. The Labute approximate surface area is 99.8 Å². The highest BCUT2D eigenvalue weighted by atomic mass is 16.5. The van der Waals surface area contributed by atoms with Crippen molar-refractivity contribution in [1.29, 1.82) is 0 Å². The van der Waals surface area contributed by atoms with E-state index < -0.39 is 0 Å². The van der Waals surface area contributed by atoms with Gasteiger partial charge >= 0.3 is 0 Å². The molecule has 0 amide bonds. The lowest BCUT2D eigenvalue weighted by Crippen LogP contribution is -2.22. The summed E-state index contributed by atoms with van der Waals surface area (Å²) in [5.41, 5.74) is 7.01. The maximum atomic E-state index is 6.03. The van der Waals surface area contributed by atoms with Crippen molar-refractivity contribution in [3.05, 3.63) is 36.2 Å². The van der Waals surface area contributed by atoms with Crippen LogP contribution in [0.3, 0.4) is 0 Å². The van der Waals surface area contributed by atoms with Crippen LogP contribution in [0.1, 0.15) is 31.1 Å². The van der Waals surface area contributed by atoms with E-state index in [1.165, 1.54) is 0 Å². The van der Waals surface area contributed by atoms with E-state index in [4.69, 9.17) is 10.3 Å². The molecule has 0 aliphatic heterocycles. The molecule has 17 heavy (non-hydrogen) atoms. The molecule has 1 aliphatic rings. The van der Waals surface area contributed by atoms with Crippen LogP contribution in [-0.4, -0.2) is 16.2 Å². The summed E-state index contributed by atoms with van der Waals surface area (Å²) in [6, 6.07) is 10.0. The predicted molar refractivity (Wildman–Crippen MR) is 64.3 cm³/mol. The van der Waals surface area contributed by atoms with Gasteiger partial charge in [0.2, 0.25) is 11.7 Å². The summed E-state index contributed by atoms with van der Waals surface area (Å²) >= 11 is 0. The van der Waals surface area contributed by atoms with Crippen molar-refractivity contribution in [2.45, 2.75) is 31.2 Å². The first-order valence-corrected chi connectivity index (χ1v) is 5.99. The number of nitrogens with two attached hydrogens (primary N) is 1. The second kappa shape index (κ2) is 4.30. The standard InChI is InChI=1S/C13H15N3O/c14-11-8-4-7-10(11)13-15-12(16-17-13)9-5-2-1-3-6-9/h1-3,5-6,10-11H,4,7-8,14H2/t10-,11-/m0/s1. The molecule has 2 atom stereocenters. The van der Waals surface area contributed by atoms with Crippen LogP contribution in [0.5, 0.6) is 0 Å². The molecular formula is C13H15N3O. The molecule has 1 heterocycles. The van der Waals surface area contributed by atoms with Crippen LogP contribution in [0.25, 0.3) is 11.4 Å². The van der Waals surface area contributed by atoms with E-state index in [-0.39, 0.29) is 12.0 Å². The Morgan fingerprint density at radius 2 is 2.00 bits per heavy atom. The lowest BCUT2D eigenvalue weighted by atomic mass is 10.1. The fraction of sp³-hybridized carbons (Fsp3) is 0.385. The summed E-state index contributed by atoms with van der Waals surface area (Å²) in [5, 5.41) is 4.02. The zero-order chi connectivity index (χ0) is 11.7. The third kappa shape index (κ3) is 1.96. The smallest absolute Gasteiger partial charge is 0.231 e. The first-order valence-electron chi connectivity index (χ1n) is 5.99. The van der Waals surface area contributed by atoms with E-state index in [1.807, 2.05) is 30.3 Å². The van der Waals surface area contributed by atoms with Crippen LogP contribution in [-0.2, 0) is 0 Å². The molecule has 0 unspecified atom stereocenters. The van der Waals surface area contributed by atoms with E-state index in [0.717, 1.165) is 24.8 Å². The Hall–Kier alpha value is -1.68. The van der Waals surface area contributed by atoms with Crippen molar-refractivity contribution < 1.29 is 4.52 Å². The first kappa shape index (κ1) is 10.5. The molecular weight excluding hydrogens is 214 g/mol. The van der Waals surface area contributed by atoms with E-state index in [1.54, 1.807) is 0 Å². The SMILES string of the molecule is N[C@H]1CCC[C@@H]1c1nc(-c2ccccc2)no1. The Morgan fingerprint density at radius 3 is 2.71 bits per heavy atom. The number of hydrogen-bond donors (Lipinski definition) is 1. The molecule has 88 valence electrons. The van der Waals surface area contributed by atoms with Gasteiger partial charge in [-0.25, -0.2) is 0 Å². The normalized spacial score (nSPS) is 24.1. The quantitative estimate of drug-likeness (QED) is 0.858. The number of benzene rings is 1. The Morgan fingerprint density at radius 1 is 1.18 bits per heavy atom. The summed E-state index contributed by atoms with van der Waals surface area (Å²) < 4.78 is 5.33. The van der Waals surface area contributed by atoms with E-state index >= 15 is 0 Å². The maximum absolute atomic E-state index is 6.03. The summed E-state index contributed by atoms with van der Waals surface area (Å²) in [6.45, 7) is 0. The highest BCUT2D eigenvalue weighted by Gasteiger charge is 2.30. The molecule has 2 aromatic rings. The van der Waals surface area contributed by atoms with E-state index in [9.17, 15) is 0 Å². The number of nitrogens with zero attached hydrogens (tertiary/aromatic N) is 2. The van der Waals surface area contributed by atoms with Crippen molar-refractivity contribution in [3.63, 3.8) is 0 Å². The fourth-order valence-corrected chi connectivity index (χ4v) is 2.39. The molecule has 1 aliphatic carbocycles. The van der Waals surface area contributed by atoms with Crippen LogP contribution in [0.15, 0.2) is 34.9 Å². The van der Waals surface area contributed by atoms with Crippen molar-refractivity contribution in [1.82, 2.24) is 10.1 Å². The molecule has 4 nitrogen and oxygen atoms in total. The minimum Gasteiger partial charge on any atom is -0.339 e.